The van der Waals surface area contributed by atoms with Crippen molar-refractivity contribution in [3.05, 3.63) is 126 Å². The van der Waals surface area contributed by atoms with E-state index in [4.69, 9.17) is 28.9 Å². The van der Waals surface area contributed by atoms with Crippen molar-refractivity contribution in [2.75, 3.05) is 45.9 Å². The third-order valence-electron chi connectivity index (χ3n) is 12.3. The zero-order chi connectivity index (χ0) is 42.6. The Bertz CT molecular complexity index is 2140. The van der Waals surface area contributed by atoms with Gasteiger partial charge in [0.1, 0.15) is 24.7 Å². The van der Waals surface area contributed by atoms with Gasteiger partial charge in [-0.2, -0.15) is 0 Å². The zero-order valence-electron chi connectivity index (χ0n) is 35.5. The highest BCUT2D eigenvalue weighted by atomic mass is 32.2. The normalized spacial score (nSPS) is 23.3. The number of hydrogen-bond acceptors (Lipinski definition) is 10. The van der Waals surface area contributed by atoms with Gasteiger partial charge in [-0.15, -0.1) is 18.3 Å². The Balaban J connectivity index is 1.39. The lowest BCUT2D eigenvalue weighted by atomic mass is 9.55. The molecular weight excluding hydrogens is 789 g/mol. The number of oxime groups is 1. The number of carbonyl (C=O) groups excluding carboxylic acids is 1. The fourth-order valence-corrected chi connectivity index (χ4v) is 10.6. The molecule has 3 aliphatic rings. The molecule has 1 saturated carbocycles. The minimum Gasteiger partial charge on any atom is -0.493 e. The second kappa shape index (κ2) is 21.3. The maximum absolute atomic E-state index is 14.6. The predicted octanol–water partition coefficient (Wildman–Crippen LogP) is 9.93. The van der Waals surface area contributed by atoms with Crippen LogP contribution >= 0.6 is 11.8 Å². The molecule has 1 amide bonds. The van der Waals surface area contributed by atoms with Gasteiger partial charge < -0.3 is 34.0 Å². The smallest absolute Gasteiger partial charge is 0.410 e. The van der Waals surface area contributed by atoms with Crippen molar-refractivity contribution in [2.24, 2.45) is 22.9 Å². The number of aliphatic hydroxyl groups excluding tert-OH is 2. The van der Waals surface area contributed by atoms with Gasteiger partial charge in [0.25, 0.3) is 0 Å². The summed E-state index contributed by atoms with van der Waals surface area (Å²) in [6, 6.07) is 30.0. The number of rotatable bonds is 21. The molecule has 0 saturated heterocycles. The number of unbranched alkanes of at least 4 members (excludes halogenated alkanes) is 2. The maximum Gasteiger partial charge on any atom is 0.410 e. The molecule has 7 rings (SSSR count). The summed E-state index contributed by atoms with van der Waals surface area (Å²) in [4.78, 5) is 23.1. The van der Waals surface area contributed by atoms with Crippen LogP contribution in [-0.4, -0.2) is 84.6 Å². The minimum absolute atomic E-state index is 0.0916. The number of allylic oxidation sites excluding steroid dienone is 1. The van der Waals surface area contributed by atoms with Crippen LogP contribution < -0.4 is 9.47 Å². The highest BCUT2D eigenvalue weighted by molar-refractivity contribution is 7.99. The highest BCUT2D eigenvalue weighted by Gasteiger charge is 2.65. The van der Waals surface area contributed by atoms with Crippen LogP contribution in [0.15, 0.2) is 125 Å². The van der Waals surface area contributed by atoms with Crippen molar-refractivity contribution in [1.82, 2.24) is 4.90 Å². The zero-order valence-corrected chi connectivity index (χ0v) is 36.3. The van der Waals surface area contributed by atoms with E-state index in [1.807, 2.05) is 55.5 Å². The van der Waals surface area contributed by atoms with Gasteiger partial charge in [-0.05, 0) is 96.7 Å². The third-order valence-corrected chi connectivity index (χ3v) is 13.3. The van der Waals surface area contributed by atoms with Crippen LogP contribution in [0.1, 0.15) is 68.9 Å². The topological polar surface area (TPSA) is 119 Å². The predicted molar refractivity (Wildman–Crippen MR) is 241 cm³/mol. The van der Waals surface area contributed by atoms with Crippen LogP contribution in [0.4, 0.5) is 4.79 Å². The fourth-order valence-electron chi connectivity index (χ4n) is 9.81. The van der Waals surface area contributed by atoms with E-state index < -0.39 is 23.8 Å². The average Bonchev–Trinajstić information content (AvgIpc) is 3.28. The molecule has 0 spiro atoms. The molecule has 0 radical (unpaired) electrons. The summed E-state index contributed by atoms with van der Waals surface area (Å²) in [7, 11) is 1.56. The van der Waals surface area contributed by atoms with Gasteiger partial charge in [-0.25, -0.2) is 4.79 Å². The first-order valence-corrected chi connectivity index (χ1v) is 22.8. The van der Waals surface area contributed by atoms with Crippen molar-refractivity contribution in [3.8, 4) is 11.5 Å². The summed E-state index contributed by atoms with van der Waals surface area (Å²) in [5.41, 5.74) is 3.68. The second-order valence-electron chi connectivity index (χ2n) is 15.9. The lowest BCUT2D eigenvalue weighted by Crippen LogP contribution is -2.70. The minimum atomic E-state index is -1.40. The Hall–Kier alpha value is -4.81. The molecule has 1 fully saturated rings. The lowest BCUT2D eigenvalue weighted by Gasteiger charge is -2.59. The van der Waals surface area contributed by atoms with E-state index in [9.17, 15) is 15.0 Å². The SMILES string of the molecule is C=CCO[C@@]12Oc3ccc(OCCSc4ccccc4)cc3[C@H]3[C@H](CCCCO)[C@@H](CCCCO)C=C(C(=NOC)C[C@@H]1N(Cc1cccc4ccccc14)C(=O)OCC)[C@H]32. The first-order chi connectivity index (χ1) is 30.0. The highest BCUT2D eigenvalue weighted by Crippen LogP contribution is 2.62. The van der Waals surface area contributed by atoms with Gasteiger partial charge in [-0.1, -0.05) is 90.8 Å². The Morgan fingerprint density at radius 1 is 0.984 bits per heavy atom. The molecule has 1 aliphatic heterocycles. The number of nitrogens with zero attached hydrogens (tertiary/aromatic N) is 2. The van der Waals surface area contributed by atoms with E-state index in [1.165, 1.54) is 4.90 Å². The van der Waals surface area contributed by atoms with Crippen molar-refractivity contribution < 1.29 is 38.8 Å². The molecule has 0 unspecified atom stereocenters. The van der Waals surface area contributed by atoms with E-state index in [0.717, 1.165) is 70.4 Å². The molecule has 11 heteroatoms. The first-order valence-electron chi connectivity index (χ1n) is 21.8. The molecule has 0 aromatic heterocycles. The van der Waals surface area contributed by atoms with E-state index in [0.29, 0.717) is 25.2 Å². The van der Waals surface area contributed by atoms with Crippen LogP contribution in [0.25, 0.3) is 10.8 Å². The van der Waals surface area contributed by atoms with E-state index in [2.05, 4.69) is 55.1 Å². The molecule has 10 nitrogen and oxygen atoms in total. The summed E-state index contributed by atoms with van der Waals surface area (Å²) in [5, 5.41) is 26.7. The molecule has 324 valence electrons. The molecular formula is C50H60N2O8S. The summed E-state index contributed by atoms with van der Waals surface area (Å²) >= 11 is 1.75. The molecule has 6 atom stereocenters. The number of benzene rings is 4. The number of amides is 1. The molecule has 0 bridgehead atoms. The van der Waals surface area contributed by atoms with Gasteiger partial charge in [-0.3, -0.25) is 4.90 Å². The lowest BCUT2D eigenvalue weighted by molar-refractivity contribution is -0.256. The Morgan fingerprint density at radius 2 is 1.75 bits per heavy atom. The standard InChI is InChI=1S/C50H60N2O8S/c1-4-28-59-50-46(52(49(55)57-5-2)34-37-19-15-18-35-16-9-10-22-40(35)37)33-44(51-56-3)42-31-36(17-11-13-26-53)41(23-12-14-27-54)47(48(42)50)43-32-38(24-25-45(43)60-50)58-29-30-61-39-20-7-6-8-21-39/h4,6-10,15-16,18-22,24-25,31-32,36,41,46-48,53-54H,1,5,11-14,17,23,26-30,33-34H2,2-3H3/t36-,41+,46-,47+,48+,50+/m0/s1. The van der Waals surface area contributed by atoms with Crippen LogP contribution in [0, 0.1) is 17.8 Å². The Morgan fingerprint density at radius 3 is 2.52 bits per heavy atom. The van der Waals surface area contributed by atoms with Gasteiger partial charge in [0.2, 0.25) is 5.79 Å². The van der Waals surface area contributed by atoms with Crippen molar-refractivity contribution >= 4 is 34.3 Å². The maximum atomic E-state index is 14.6. The first kappa shape index (κ1) is 44.3. The van der Waals surface area contributed by atoms with Crippen molar-refractivity contribution in [2.45, 2.75) is 81.1 Å². The average molecular weight is 849 g/mol. The second-order valence-corrected chi connectivity index (χ2v) is 17.1. The molecule has 61 heavy (non-hydrogen) atoms. The summed E-state index contributed by atoms with van der Waals surface area (Å²) in [5.74, 6) is 0.409. The van der Waals surface area contributed by atoms with E-state index >= 15 is 0 Å². The van der Waals surface area contributed by atoms with Crippen LogP contribution in [0.2, 0.25) is 0 Å². The number of fused-ring (bicyclic) bond motifs is 3. The van der Waals surface area contributed by atoms with Gasteiger partial charge >= 0.3 is 6.09 Å². The number of ether oxygens (including phenoxy) is 4. The third kappa shape index (κ3) is 9.81. The van der Waals surface area contributed by atoms with Crippen molar-refractivity contribution in [1.29, 1.82) is 0 Å². The van der Waals surface area contributed by atoms with Gasteiger partial charge in [0.15, 0.2) is 0 Å². The van der Waals surface area contributed by atoms with E-state index in [1.54, 1.807) is 29.8 Å². The van der Waals surface area contributed by atoms with Crippen molar-refractivity contribution in [3.63, 3.8) is 0 Å². The number of hydrogen-bond donors (Lipinski definition) is 2. The van der Waals surface area contributed by atoms with Crippen LogP contribution in [0.5, 0.6) is 11.5 Å². The Kier molecular flexibility index (Phi) is 15.5. The quantitative estimate of drug-likeness (QED) is 0.0366. The summed E-state index contributed by atoms with van der Waals surface area (Å²) in [6.45, 7) is 7.21. The molecule has 4 aromatic rings. The summed E-state index contributed by atoms with van der Waals surface area (Å²) < 4.78 is 26.9. The molecule has 1 heterocycles. The fraction of sp³-hybridized carbons (Fsp3) is 0.440. The van der Waals surface area contributed by atoms with Crippen LogP contribution in [0.3, 0.4) is 0 Å². The monoisotopic (exact) mass is 848 g/mol. The van der Waals surface area contributed by atoms with Gasteiger partial charge in [0.05, 0.1) is 38.0 Å². The van der Waals surface area contributed by atoms with Crippen LogP contribution in [-0.2, 0) is 20.9 Å². The Labute approximate surface area is 364 Å². The summed E-state index contributed by atoms with van der Waals surface area (Å²) in [6.07, 6.45) is 8.62. The van der Waals surface area contributed by atoms with Gasteiger partial charge in [0, 0.05) is 41.8 Å². The molecule has 2 N–H and O–H groups in total. The number of carbonyl (C=O) groups is 1. The molecule has 4 aromatic carbocycles. The molecule has 2 aliphatic carbocycles. The van der Waals surface area contributed by atoms with E-state index in [-0.39, 0.29) is 57.1 Å². The number of thioether (sulfide) groups is 1. The number of aliphatic hydroxyl groups is 2. The largest absolute Gasteiger partial charge is 0.493 e.